The van der Waals surface area contributed by atoms with Gasteiger partial charge in [0, 0.05) is 17.6 Å². The van der Waals surface area contributed by atoms with E-state index >= 15 is 0 Å². The standard InChI is InChI=1S/C24H24N4O2S/c1-4-28-22(19-13-7-8-15-21(19)30-3)26-27-24(28)31-16(2)23(29)25-20-14-9-11-17-10-5-6-12-18(17)20/h5-16H,4H2,1-3H3,(H,25,29). The van der Waals surface area contributed by atoms with Gasteiger partial charge in [-0.1, -0.05) is 60.3 Å². The number of benzene rings is 3. The number of nitrogens with one attached hydrogen (secondary N) is 1. The van der Waals surface area contributed by atoms with Crippen molar-refractivity contribution in [3.8, 4) is 17.1 Å². The van der Waals surface area contributed by atoms with E-state index in [2.05, 4.69) is 15.5 Å². The van der Waals surface area contributed by atoms with E-state index in [0.29, 0.717) is 11.7 Å². The zero-order valence-electron chi connectivity index (χ0n) is 17.7. The van der Waals surface area contributed by atoms with Crippen LogP contribution in [0.4, 0.5) is 5.69 Å². The van der Waals surface area contributed by atoms with E-state index in [0.717, 1.165) is 33.6 Å². The molecule has 6 nitrogen and oxygen atoms in total. The molecule has 0 aliphatic rings. The van der Waals surface area contributed by atoms with Crippen molar-refractivity contribution in [2.45, 2.75) is 30.8 Å². The van der Waals surface area contributed by atoms with Gasteiger partial charge in [0.25, 0.3) is 0 Å². The number of rotatable bonds is 7. The molecule has 0 fully saturated rings. The van der Waals surface area contributed by atoms with Crippen LogP contribution in [0.3, 0.4) is 0 Å². The van der Waals surface area contributed by atoms with Crippen LogP contribution in [0.2, 0.25) is 0 Å². The lowest BCUT2D eigenvalue weighted by molar-refractivity contribution is -0.115. The highest BCUT2D eigenvalue weighted by molar-refractivity contribution is 8.00. The first-order valence-electron chi connectivity index (χ1n) is 10.1. The monoisotopic (exact) mass is 432 g/mol. The zero-order chi connectivity index (χ0) is 21.8. The number of carbonyl (C=O) groups is 1. The Morgan fingerprint density at radius 1 is 1.06 bits per heavy atom. The number of anilines is 1. The molecule has 1 atom stereocenters. The van der Waals surface area contributed by atoms with Crippen LogP contribution in [-0.4, -0.2) is 33.0 Å². The van der Waals surface area contributed by atoms with Crippen LogP contribution < -0.4 is 10.1 Å². The molecule has 1 heterocycles. The summed E-state index contributed by atoms with van der Waals surface area (Å²) in [6, 6.07) is 21.6. The number of aromatic nitrogens is 3. The van der Waals surface area contributed by atoms with Gasteiger partial charge in [-0.2, -0.15) is 0 Å². The summed E-state index contributed by atoms with van der Waals surface area (Å²) in [7, 11) is 1.64. The molecule has 0 spiro atoms. The Bertz CT molecular complexity index is 1220. The molecule has 4 aromatic rings. The van der Waals surface area contributed by atoms with Gasteiger partial charge < -0.3 is 14.6 Å². The molecule has 0 aliphatic carbocycles. The zero-order valence-corrected chi connectivity index (χ0v) is 18.5. The molecule has 1 N–H and O–H groups in total. The van der Waals surface area contributed by atoms with Crippen molar-refractivity contribution in [2.24, 2.45) is 0 Å². The maximum Gasteiger partial charge on any atom is 0.237 e. The number of carbonyl (C=O) groups excluding carboxylic acids is 1. The Kier molecular flexibility index (Phi) is 6.23. The van der Waals surface area contributed by atoms with Gasteiger partial charge in [0.15, 0.2) is 11.0 Å². The first-order chi connectivity index (χ1) is 15.1. The predicted molar refractivity (Wildman–Crippen MR) is 126 cm³/mol. The first kappa shape index (κ1) is 20.9. The Morgan fingerprint density at radius 2 is 1.81 bits per heavy atom. The number of ether oxygens (including phenoxy) is 1. The number of methoxy groups -OCH3 is 1. The first-order valence-corrected chi connectivity index (χ1v) is 11.0. The van der Waals surface area contributed by atoms with Crippen molar-refractivity contribution in [2.75, 3.05) is 12.4 Å². The SMILES string of the molecule is CCn1c(SC(C)C(=O)Nc2cccc3ccccc23)nnc1-c1ccccc1OC. The third kappa shape index (κ3) is 4.27. The number of thioether (sulfide) groups is 1. The molecule has 0 radical (unpaired) electrons. The van der Waals surface area contributed by atoms with E-state index in [9.17, 15) is 4.79 Å². The molecule has 31 heavy (non-hydrogen) atoms. The topological polar surface area (TPSA) is 69.0 Å². The molecule has 1 amide bonds. The second kappa shape index (κ2) is 9.22. The molecule has 158 valence electrons. The fraction of sp³-hybridized carbons (Fsp3) is 0.208. The highest BCUT2D eigenvalue weighted by Gasteiger charge is 2.22. The van der Waals surface area contributed by atoms with Gasteiger partial charge in [-0.15, -0.1) is 10.2 Å². The number of amides is 1. The summed E-state index contributed by atoms with van der Waals surface area (Å²) >= 11 is 1.39. The van der Waals surface area contributed by atoms with E-state index in [4.69, 9.17) is 4.74 Å². The fourth-order valence-corrected chi connectivity index (χ4v) is 4.38. The van der Waals surface area contributed by atoms with Gasteiger partial charge in [-0.3, -0.25) is 4.79 Å². The quantitative estimate of drug-likeness (QED) is 0.404. The lowest BCUT2D eigenvalue weighted by Gasteiger charge is -2.14. The highest BCUT2D eigenvalue weighted by atomic mass is 32.2. The van der Waals surface area contributed by atoms with Crippen LogP contribution in [0.1, 0.15) is 13.8 Å². The summed E-state index contributed by atoms with van der Waals surface area (Å²) in [5, 5.41) is 14.3. The Labute approximate surface area is 185 Å². The molecular weight excluding hydrogens is 408 g/mol. The van der Waals surface area contributed by atoms with Crippen LogP contribution in [0.5, 0.6) is 5.75 Å². The smallest absolute Gasteiger partial charge is 0.237 e. The van der Waals surface area contributed by atoms with Crippen LogP contribution in [0.25, 0.3) is 22.2 Å². The lowest BCUT2D eigenvalue weighted by atomic mass is 10.1. The molecular formula is C24H24N4O2S. The van der Waals surface area contributed by atoms with Gasteiger partial charge in [0.05, 0.1) is 17.9 Å². The molecule has 3 aromatic carbocycles. The van der Waals surface area contributed by atoms with Gasteiger partial charge >= 0.3 is 0 Å². The number of hydrogen-bond acceptors (Lipinski definition) is 5. The molecule has 0 saturated carbocycles. The van der Waals surface area contributed by atoms with Gasteiger partial charge in [0.2, 0.25) is 5.91 Å². The minimum atomic E-state index is -0.348. The largest absolute Gasteiger partial charge is 0.496 e. The number of hydrogen-bond donors (Lipinski definition) is 1. The fourth-order valence-electron chi connectivity index (χ4n) is 3.47. The van der Waals surface area contributed by atoms with Crippen LogP contribution in [-0.2, 0) is 11.3 Å². The summed E-state index contributed by atoms with van der Waals surface area (Å²) in [5.41, 5.74) is 1.68. The van der Waals surface area contributed by atoms with Gasteiger partial charge in [-0.05, 0) is 37.4 Å². The predicted octanol–water partition coefficient (Wildman–Crippen LogP) is 5.25. The van der Waals surface area contributed by atoms with Gasteiger partial charge in [0.1, 0.15) is 5.75 Å². The van der Waals surface area contributed by atoms with E-state index in [1.165, 1.54) is 11.8 Å². The van der Waals surface area contributed by atoms with Crippen molar-refractivity contribution in [1.82, 2.24) is 14.8 Å². The molecule has 1 unspecified atom stereocenters. The third-order valence-electron chi connectivity index (χ3n) is 5.08. The third-order valence-corrected chi connectivity index (χ3v) is 6.16. The second-order valence-electron chi connectivity index (χ2n) is 7.03. The van der Waals surface area contributed by atoms with Crippen molar-refractivity contribution < 1.29 is 9.53 Å². The van der Waals surface area contributed by atoms with E-state index < -0.39 is 0 Å². The average molecular weight is 433 g/mol. The minimum absolute atomic E-state index is 0.0779. The molecule has 0 aliphatic heterocycles. The Hall–Kier alpha value is -3.32. The number of nitrogens with zero attached hydrogens (tertiary/aromatic N) is 3. The minimum Gasteiger partial charge on any atom is -0.496 e. The average Bonchev–Trinajstić information content (AvgIpc) is 3.21. The Balaban J connectivity index is 1.55. The second-order valence-corrected chi connectivity index (χ2v) is 8.33. The summed E-state index contributed by atoms with van der Waals surface area (Å²) in [4.78, 5) is 12.9. The molecule has 1 aromatic heterocycles. The number of para-hydroxylation sites is 1. The summed E-state index contributed by atoms with van der Waals surface area (Å²) in [5.74, 6) is 1.39. The lowest BCUT2D eigenvalue weighted by Crippen LogP contribution is -2.23. The Morgan fingerprint density at radius 3 is 2.61 bits per heavy atom. The highest BCUT2D eigenvalue weighted by Crippen LogP contribution is 2.32. The van der Waals surface area contributed by atoms with Crippen molar-refractivity contribution >= 4 is 34.1 Å². The molecule has 4 rings (SSSR count). The maximum atomic E-state index is 12.9. The summed E-state index contributed by atoms with van der Waals surface area (Å²) in [6.45, 7) is 4.59. The van der Waals surface area contributed by atoms with Crippen molar-refractivity contribution in [3.05, 3.63) is 66.7 Å². The van der Waals surface area contributed by atoms with Crippen LogP contribution in [0, 0.1) is 0 Å². The van der Waals surface area contributed by atoms with E-state index in [1.807, 2.05) is 85.1 Å². The summed E-state index contributed by atoms with van der Waals surface area (Å²) in [6.07, 6.45) is 0. The molecule has 0 saturated heterocycles. The normalized spacial score (nSPS) is 12.0. The van der Waals surface area contributed by atoms with Crippen molar-refractivity contribution in [3.63, 3.8) is 0 Å². The van der Waals surface area contributed by atoms with E-state index in [1.54, 1.807) is 7.11 Å². The van der Waals surface area contributed by atoms with E-state index in [-0.39, 0.29) is 11.2 Å². The number of fused-ring (bicyclic) bond motifs is 1. The van der Waals surface area contributed by atoms with Gasteiger partial charge in [-0.25, -0.2) is 0 Å². The maximum absolute atomic E-state index is 12.9. The van der Waals surface area contributed by atoms with Crippen molar-refractivity contribution in [1.29, 1.82) is 0 Å². The van der Waals surface area contributed by atoms with Crippen LogP contribution in [0.15, 0.2) is 71.9 Å². The molecule has 7 heteroatoms. The summed E-state index contributed by atoms with van der Waals surface area (Å²) < 4.78 is 7.48. The van der Waals surface area contributed by atoms with Crippen LogP contribution >= 0.6 is 11.8 Å². The molecule has 0 bridgehead atoms.